The molecule has 4 N–H and O–H groups in total. The maximum Gasteiger partial charge on any atom is 0.309 e. The number of carbonyl (C=O) groups is 5. The van der Waals surface area contributed by atoms with E-state index in [0.717, 1.165) is 72.9 Å². The number of fused-ring (bicyclic) bond motifs is 8. The highest BCUT2D eigenvalue weighted by Crippen LogP contribution is 2.76. The number of aliphatic carboxylic acids is 1. The van der Waals surface area contributed by atoms with Crippen LogP contribution in [-0.4, -0.2) is 66.8 Å². The van der Waals surface area contributed by atoms with Crippen molar-refractivity contribution in [2.75, 3.05) is 0 Å². The Morgan fingerprint density at radius 1 is 0.866 bits per heavy atom. The van der Waals surface area contributed by atoms with E-state index in [-0.39, 0.29) is 69.6 Å². The van der Waals surface area contributed by atoms with Crippen molar-refractivity contribution in [3.05, 3.63) is 58.9 Å². The van der Waals surface area contributed by atoms with E-state index >= 15 is 0 Å². The summed E-state index contributed by atoms with van der Waals surface area (Å²) in [5, 5.41) is 16.2. The van der Waals surface area contributed by atoms with Gasteiger partial charge in [0.05, 0.1) is 28.4 Å². The highest BCUT2D eigenvalue weighted by molar-refractivity contribution is 6.04. The molecule has 0 radical (unpaired) electrons. The molecule has 6 aliphatic carbocycles. The number of ketones is 1. The van der Waals surface area contributed by atoms with E-state index in [4.69, 9.17) is 9.72 Å². The molecule has 5 saturated carbocycles. The van der Waals surface area contributed by atoms with Gasteiger partial charge in [0.1, 0.15) is 17.5 Å². The van der Waals surface area contributed by atoms with Crippen molar-refractivity contribution in [3.63, 3.8) is 0 Å². The molecule has 6 aliphatic rings. The summed E-state index contributed by atoms with van der Waals surface area (Å²) in [7, 11) is 0. The Kier molecular flexibility index (Phi) is 11.0. The van der Waals surface area contributed by atoms with Crippen molar-refractivity contribution in [2.24, 2.45) is 62.6 Å². The number of rotatable bonds is 9. The number of esters is 1. The number of ether oxygens (including phenoxy) is 1. The molecule has 1 aromatic carbocycles. The molecule has 360 valence electrons. The average Bonchev–Trinajstić information content (AvgIpc) is 3.79. The van der Waals surface area contributed by atoms with Crippen molar-refractivity contribution in [1.82, 2.24) is 25.6 Å². The molecule has 2 amide bonds. The number of carbonyl (C=O) groups excluding carboxylic acids is 4. The van der Waals surface area contributed by atoms with E-state index < -0.39 is 34.3 Å². The molecule has 3 aromatic rings. The lowest BCUT2D eigenvalue weighted by Crippen LogP contribution is -2.68. The fourth-order valence-corrected chi connectivity index (χ4v) is 15.6. The lowest BCUT2D eigenvalue weighted by atomic mass is 9.33. The van der Waals surface area contributed by atoms with Gasteiger partial charge >= 0.3 is 11.9 Å². The monoisotopic (exact) mass is 916 g/mol. The number of aromatic amines is 1. The number of carboxylic acids is 1. The lowest BCUT2D eigenvalue weighted by molar-refractivity contribution is -0.235. The fraction of sp³-hybridized carbons (Fsp3) is 0.655. The van der Waals surface area contributed by atoms with Crippen LogP contribution in [0.2, 0.25) is 0 Å². The zero-order valence-electron chi connectivity index (χ0n) is 41.9. The second-order valence-corrected chi connectivity index (χ2v) is 24.6. The number of allylic oxidation sites excluding steroid dienone is 1. The molecule has 67 heavy (non-hydrogen) atoms. The third-order valence-electron chi connectivity index (χ3n) is 19.8. The molecule has 10 atom stereocenters. The number of aryl methyl sites for hydroxylation is 1. The first-order chi connectivity index (χ1) is 31.2. The van der Waals surface area contributed by atoms with Gasteiger partial charge < -0.3 is 25.5 Å². The molecule has 0 aliphatic heterocycles. The largest absolute Gasteiger partial charge is 0.481 e. The van der Waals surface area contributed by atoms with Gasteiger partial charge in [-0.25, -0.2) is 4.98 Å². The van der Waals surface area contributed by atoms with E-state index in [9.17, 15) is 29.1 Å². The molecule has 0 bridgehead atoms. The summed E-state index contributed by atoms with van der Waals surface area (Å²) in [6.07, 6.45) is 9.29. The first-order valence-corrected chi connectivity index (χ1v) is 25.0. The average molecular weight is 916 g/mol. The molecule has 12 nitrogen and oxygen atoms in total. The van der Waals surface area contributed by atoms with Crippen LogP contribution in [0.5, 0.6) is 0 Å². The van der Waals surface area contributed by atoms with Gasteiger partial charge in [0.2, 0.25) is 5.91 Å². The minimum absolute atomic E-state index is 0.00539. The van der Waals surface area contributed by atoms with Gasteiger partial charge in [0.15, 0.2) is 5.78 Å². The number of imidazole rings is 1. The number of nitrogens with zero attached hydrogens (tertiary/aromatic N) is 2. The maximum absolute atomic E-state index is 14.7. The summed E-state index contributed by atoms with van der Waals surface area (Å²) in [6.45, 7) is 25.4. The van der Waals surface area contributed by atoms with Crippen LogP contribution < -0.4 is 10.6 Å². The molecule has 9 rings (SSSR count). The van der Waals surface area contributed by atoms with Crippen molar-refractivity contribution in [2.45, 2.75) is 164 Å². The summed E-state index contributed by atoms with van der Waals surface area (Å²) in [4.78, 5) is 81.0. The number of Topliss-reactive ketones (excluding diaryl/α,β-unsaturated/α-hetero) is 1. The Morgan fingerprint density at radius 2 is 1.60 bits per heavy atom. The highest BCUT2D eigenvalue weighted by Gasteiger charge is 2.71. The Morgan fingerprint density at radius 3 is 2.25 bits per heavy atom. The second kappa shape index (κ2) is 15.6. The number of benzene rings is 1. The van der Waals surface area contributed by atoms with Crippen LogP contribution in [0.4, 0.5) is 0 Å². The van der Waals surface area contributed by atoms with Crippen LogP contribution in [0.25, 0.3) is 22.4 Å². The second-order valence-electron chi connectivity index (χ2n) is 24.6. The van der Waals surface area contributed by atoms with E-state index in [1.165, 1.54) is 0 Å². The van der Waals surface area contributed by atoms with Crippen molar-refractivity contribution in [3.8, 4) is 11.4 Å². The Labute approximate surface area is 396 Å². The minimum atomic E-state index is -1.30. The van der Waals surface area contributed by atoms with E-state index in [1.807, 2.05) is 39.0 Å². The topological polar surface area (TPSA) is 180 Å². The summed E-state index contributed by atoms with van der Waals surface area (Å²) >= 11 is 0. The normalized spacial score (nSPS) is 35.1. The quantitative estimate of drug-likeness (QED) is 0.152. The van der Waals surface area contributed by atoms with E-state index in [2.05, 4.69) is 69.1 Å². The zero-order valence-corrected chi connectivity index (χ0v) is 41.9. The summed E-state index contributed by atoms with van der Waals surface area (Å²) in [5.41, 5.74) is 2.35. The number of H-pyrrole nitrogens is 1. The SMILES string of the molecule is Cc1ccc(-c2nc3cc(C(=O)NC(C)(C)C(=O)N[C@@]45CC[C@]6(C)[C@H](CC[C@@H]7[C@@]8(C)CC[C@H](OC(=O)[C@H]9C[C@@H](C(=O)O)C9(C)C)C(C)(C)[C@@H]8CC[C@]76C)C4=C(C(C)C)C(=O)C5)ccc3[nH]2)cn1. The molecule has 2 aromatic heterocycles. The van der Waals surface area contributed by atoms with Gasteiger partial charge in [-0.15, -0.1) is 0 Å². The Hall–Kier alpha value is -4.87. The van der Waals surface area contributed by atoms with Gasteiger partial charge in [-0.1, -0.05) is 62.3 Å². The third kappa shape index (κ3) is 7.05. The van der Waals surface area contributed by atoms with Gasteiger partial charge in [-0.2, -0.15) is 0 Å². The molecule has 2 heterocycles. The molecule has 12 heteroatoms. The molecule has 0 unspecified atom stereocenters. The van der Waals surface area contributed by atoms with Crippen molar-refractivity contribution < 1.29 is 33.8 Å². The molecule has 5 fully saturated rings. The number of nitrogens with one attached hydrogen (secondary N) is 3. The minimum Gasteiger partial charge on any atom is -0.481 e. The third-order valence-corrected chi connectivity index (χ3v) is 19.8. The van der Waals surface area contributed by atoms with E-state index in [0.29, 0.717) is 41.6 Å². The van der Waals surface area contributed by atoms with Crippen LogP contribution in [0.15, 0.2) is 47.7 Å². The molecule has 0 saturated heterocycles. The Balaban J connectivity index is 0.935. The van der Waals surface area contributed by atoms with Gasteiger partial charge in [0.25, 0.3) is 5.91 Å². The number of carboxylic acid groups (broad SMARTS) is 1. The van der Waals surface area contributed by atoms with Gasteiger partial charge in [0, 0.05) is 34.9 Å². The predicted molar refractivity (Wildman–Crippen MR) is 256 cm³/mol. The first kappa shape index (κ1) is 47.2. The fourth-order valence-electron chi connectivity index (χ4n) is 15.6. The predicted octanol–water partition coefficient (Wildman–Crippen LogP) is 9.95. The summed E-state index contributed by atoms with van der Waals surface area (Å²) < 4.78 is 6.44. The first-order valence-electron chi connectivity index (χ1n) is 25.0. The standard InChI is InChI=1S/C55H73N5O7/c1-29(2)42-38(61)27-55(60-48(66)51(8,9)59-45(62)31-15-17-36-37(25-31)58-44(57-36)32-14-13-30(3)56-28-32)24-23-53(11)33(43(42)55)16-18-40-52(10)21-20-41(50(6,7)39(52)19-22-54(40,53)12)67-47(65)35-26-34(46(63)64)49(35,4)5/h13-15,17,25,28-29,33-35,39-41H,16,18-24,26-27H2,1-12H3,(H,57,58)(H,59,62)(H,60,66)(H,63,64)/t33-,34+,35-,39+,40-,41+,52+,53-,54-,55-/m1/s1. The number of amides is 2. The number of pyridine rings is 1. The Bertz CT molecular complexity index is 2610. The molecular weight excluding hydrogens is 843 g/mol. The number of hydrogen-bond donors (Lipinski definition) is 4. The number of hydrogen-bond acceptors (Lipinski definition) is 8. The van der Waals surface area contributed by atoms with Gasteiger partial charge in [-0.3, -0.25) is 29.0 Å². The number of aromatic nitrogens is 3. The van der Waals surface area contributed by atoms with Crippen molar-refractivity contribution >= 4 is 40.6 Å². The maximum atomic E-state index is 14.7. The van der Waals surface area contributed by atoms with Crippen LogP contribution in [0.1, 0.15) is 156 Å². The van der Waals surface area contributed by atoms with Crippen LogP contribution in [0.3, 0.4) is 0 Å². The smallest absolute Gasteiger partial charge is 0.309 e. The van der Waals surface area contributed by atoms with Crippen LogP contribution >= 0.6 is 0 Å². The van der Waals surface area contributed by atoms with Crippen molar-refractivity contribution in [1.29, 1.82) is 0 Å². The van der Waals surface area contributed by atoms with Gasteiger partial charge in [-0.05, 0) is 165 Å². The molecular formula is C55H73N5O7. The van der Waals surface area contributed by atoms with E-state index in [1.54, 1.807) is 32.2 Å². The summed E-state index contributed by atoms with van der Waals surface area (Å²) in [5.74, 6) is -1.13. The summed E-state index contributed by atoms with van der Waals surface area (Å²) in [6, 6.07) is 9.17. The lowest BCUT2D eigenvalue weighted by Gasteiger charge is -2.72. The van der Waals surface area contributed by atoms with Crippen LogP contribution in [-0.2, 0) is 23.9 Å². The zero-order chi connectivity index (χ0) is 48.6. The molecule has 0 spiro atoms. The van der Waals surface area contributed by atoms with Crippen LogP contribution in [0, 0.1) is 69.5 Å². The highest BCUT2D eigenvalue weighted by atomic mass is 16.5.